The molecular formula is C12H22N2O3. The molecule has 0 aromatic heterocycles. The number of ether oxygens (including phenoxy) is 1. The van der Waals surface area contributed by atoms with Gasteiger partial charge in [0.1, 0.15) is 6.61 Å². The lowest BCUT2D eigenvalue weighted by Gasteiger charge is -2.33. The Morgan fingerprint density at radius 2 is 2.18 bits per heavy atom. The number of amides is 2. The first-order chi connectivity index (χ1) is 7.83. The topological polar surface area (TPSA) is 58.6 Å². The molecule has 2 amide bonds. The van der Waals surface area contributed by atoms with Crippen molar-refractivity contribution in [3.63, 3.8) is 0 Å². The molecule has 0 unspecified atom stereocenters. The van der Waals surface area contributed by atoms with E-state index in [9.17, 15) is 9.59 Å². The first-order valence-electron chi connectivity index (χ1n) is 6.04. The highest BCUT2D eigenvalue weighted by Crippen LogP contribution is 2.18. The molecule has 98 valence electrons. The average Bonchev–Trinajstić information content (AvgIpc) is 2.61. The van der Waals surface area contributed by atoms with Crippen molar-refractivity contribution in [3.05, 3.63) is 0 Å². The number of nitrogens with one attached hydrogen (secondary N) is 1. The molecule has 1 aliphatic rings. The van der Waals surface area contributed by atoms with Gasteiger partial charge in [-0.2, -0.15) is 0 Å². The Bertz CT molecular complexity index is 300. The highest BCUT2D eigenvalue weighted by atomic mass is 16.6. The van der Waals surface area contributed by atoms with Crippen molar-refractivity contribution in [2.45, 2.75) is 39.7 Å². The number of hydrogen-bond donors (Lipinski definition) is 1. The predicted octanol–water partition coefficient (Wildman–Crippen LogP) is 1.38. The number of nitrogens with zero attached hydrogens (tertiary/aromatic N) is 1. The molecule has 1 rings (SSSR count). The summed E-state index contributed by atoms with van der Waals surface area (Å²) in [6, 6.07) is 0. The van der Waals surface area contributed by atoms with Crippen molar-refractivity contribution in [2.75, 3.05) is 19.7 Å². The molecule has 5 nitrogen and oxygen atoms in total. The molecule has 0 aromatic rings. The third-order valence-corrected chi connectivity index (χ3v) is 2.80. The molecule has 0 aromatic carbocycles. The fourth-order valence-corrected chi connectivity index (χ4v) is 1.80. The van der Waals surface area contributed by atoms with Gasteiger partial charge in [-0.25, -0.2) is 4.79 Å². The minimum atomic E-state index is -0.403. The monoisotopic (exact) mass is 242 g/mol. The molecule has 1 heterocycles. The molecule has 1 aliphatic heterocycles. The maximum atomic E-state index is 11.6. The second-order valence-electron chi connectivity index (χ2n) is 5.45. The van der Waals surface area contributed by atoms with E-state index in [0.29, 0.717) is 32.0 Å². The average molecular weight is 242 g/mol. The largest absolute Gasteiger partial charge is 0.448 e. The lowest BCUT2D eigenvalue weighted by atomic mass is 10.0. The van der Waals surface area contributed by atoms with Crippen molar-refractivity contribution >= 4 is 12.0 Å². The summed E-state index contributed by atoms with van der Waals surface area (Å²) in [5.74, 6) is 0.371. The van der Waals surface area contributed by atoms with Crippen molar-refractivity contribution < 1.29 is 14.3 Å². The summed E-state index contributed by atoms with van der Waals surface area (Å²) in [4.78, 5) is 24.6. The molecule has 0 bridgehead atoms. The molecular weight excluding hydrogens is 220 g/mol. The van der Waals surface area contributed by atoms with E-state index in [-0.39, 0.29) is 12.0 Å². The van der Waals surface area contributed by atoms with Crippen LogP contribution in [0.3, 0.4) is 0 Å². The molecule has 1 fully saturated rings. The highest BCUT2D eigenvalue weighted by Gasteiger charge is 2.35. The van der Waals surface area contributed by atoms with Crippen molar-refractivity contribution in [1.82, 2.24) is 10.2 Å². The molecule has 5 heteroatoms. The number of carbonyl (C=O) groups excluding carboxylic acids is 2. The molecule has 0 atom stereocenters. The zero-order valence-corrected chi connectivity index (χ0v) is 11.1. The summed E-state index contributed by atoms with van der Waals surface area (Å²) in [6.07, 6.45) is 0.216. The van der Waals surface area contributed by atoms with Crippen LogP contribution in [-0.2, 0) is 9.53 Å². The number of hydrogen-bond acceptors (Lipinski definition) is 3. The Morgan fingerprint density at radius 1 is 1.53 bits per heavy atom. The predicted molar refractivity (Wildman–Crippen MR) is 64.6 cm³/mol. The fourth-order valence-electron chi connectivity index (χ4n) is 1.80. The van der Waals surface area contributed by atoms with Crippen LogP contribution in [0.5, 0.6) is 0 Å². The maximum Gasteiger partial charge on any atom is 0.410 e. The molecule has 0 radical (unpaired) electrons. The van der Waals surface area contributed by atoms with Gasteiger partial charge in [0.25, 0.3) is 0 Å². The third-order valence-electron chi connectivity index (χ3n) is 2.80. The molecule has 0 aliphatic carbocycles. The van der Waals surface area contributed by atoms with Crippen LogP contribution in [-0.4, -0.2) is 42.1 Å². The molecule has 1 saturated heterocycles. The molecule has 1 N–H and O–H groups in total. The standard InChI is InChI=1S/C12H22N2O3/c1-9(2)7-10(15)13-8-12(3,4)14-5-6-17-11(14)16/h9H,5-8H2,1-4H3,(H,13,15). The molecule has 0 saturated carbocycles. The third kappa shape index (κ3) is 3.91. The van der Waals surface area contributed by atoms with Crippen LogP contribution >= 0.6 is 0 Å². The number of rotatable bonds is 5. The van der Waals surface area contributed by atoms with Crippen LogP contribution in [0.25, 0.3) is 0 Å². The van der Waals surface area contributed by atoms with Gasteiger partial charge < -0.3 is 10.1 Å². The van der Waals surface area contributed by atoms with E-state index in [2.05, 4.69) is 5.32 Å². The normalized spacial score (nSPS) is 16.3. The van der Waals surface area contributed by atoms with E-state index in [1.807, 2.05) is 27.7 Å². The lowest BCUT2D eigenvalue weighted by molar-refractivity contribution is -0.122. The fraction of sp³-hybridized carbons (Fsp3) is 0.833. The highest BCUT2D eigenvalue weighted by molar-refractivity contribution is 5.76. The van der Waals surface area contributed by atoms with E-state index in [4.69, 9.17) is 4.74 Å². The first kappa shape index (κ1) is 13.8. The van der Waals surface area contributed by atoms with E-state index in [1.54, 1.807) is 4.90 Å². The van der Waals surface area contributed by atoms with Crippen molar-refractivity contribution in [3.8, 4) is 0 Å². The summed E-state index contributed by atoms with van der Waals surface area (Å²) in [5, 5.41) is 2.86. The smallest absolute Gasteiger partial charge is 0.410 e. The van der Waals surface area contributed by atoms with E-state index in [0.717, 1.165) is 0 Å². The maximum absolute atomic E-state index is 11.6. The minimum absolute atomic E-state index is 0.0284. The van der Waals surface area contributed by atoms with E-state index in [1.165, 1.54) is 0 Å². The Kier molecular flexibility index (Phi) is 4.37. The number of carbonyl (C=O) groups is 2. The van der Waals surface area contributed by atoms with Crippen LogP contribution in [0, 0.1) is 5.92 Å². The van der Waals surface area contributed by atoms with Gasteiger partial charge in [0.05, 0.1) is 12.1 Å². The van der Waals surface area contributed by atoms with Crippen LogP contribution in [0.1, 0.15) is 34.1 Å². The van der Waals surface area contributed by atoms with Crippen LogP contribution in [0.2, 0.25) is 0 Å². The van der Waals surface area contributed by atoms with E-state index >= 15 is 0 Å². The summed E-state index contributed by atoms with van der Waals surface area (Å²) < 4.78 is 4.90. The second kappa shape index (κ2) is 5.38. The van der Waals surface area contributed by atoms with Gasteiger partial charge in [-0.1, -0.05) is 13.8 Å². The van der Waals surface area contributed by atoms with Crippen molar-refractivity contribution in [1.29, 1.82) is 0 Å². The van der Waals surface area contributed by atoms with Gasteiger partial charge in [0, 0.05) is 13.0 Å². The number of cyclic esters (lactones) is 1. The Labute approximate surface area is 102 Å². The quantitative estimate of drug-likeness (QED) is 0.792. The second-order valence-corrected chi connectivity index (χ2v) is 5.45. The summed E-state index contributed by atoms with van der Waals surface area (Å²) >= 11 is 0. The summed E-state index contributed by atoms with van der Waals surface area (Å²) in [6.45, 7) is 9.33. The van der Waals surface area contributed by atoms with E-state index < -0.39 is 5.54 Å². The van der Waals surface area contributed by atoms with Gasteiger partial charge in [0.15, 0.2) is 0 Å². The zero-order chi connectivity index (χ0) is 13.1. The summed E-state index contributed by atoms with van der Waals surface area (Å²) in [5.41, 5.74) is -0.403. The Balaban J connectivity index is 2.44. The van der Waals surface area contributed by atoms with Crippen LogP contribution < -0.4 is 5.32 Å². The summed E-state index contributed by atoms with van der Waals surface area (Å²) in [7, 11) is 0. The van der Waals surface area contributed by atoms with Gasteiger partial charge in [-0.05, 0) is 19.8 Å². The lowest BCUT2D eigenvalue weighted by Crippen LogP contribution is -2.52. The SMILES string of the molecule is CC(C)CC(=O)NCC(C)(C)N1CCOC1=O. The molecule has 17 heavy (non-hydrogen) atoms. The van der Waals surface area contributed by atoms with Crippen LogP contribution in [0.4, 0.5) is 4.79 Å². The minimum Gasteiger partial charge on any atom is -0.448 e. The van der Waals surface area contributed by atoms with Crippen LogP contribution in [0.15, 0.2) is 0 Å². The Hall–Kier alpha value is -1.26. The van der Waals surface area contributed by atoms with Gasteiger partial charge in [0.2, 0.25) is 5.91 Å². The molecule has 0 spiro atoms. The Morgan fingerprint density at radius 3 is 2.65 bits per heavy atom. The zero-order valence-electron chi connectivity index (χ0n) is 11.1. The van der Waals surface area contributed by atoms with Crippen molar-refractivity contribution in [2.24, 2.45) is 5.92 Å². The first-order valence-corrected chi connectivity index (χ1v) is 6.04. The van der Waals surface area contributed by atoms with Gasteiger partial charge in [-0.15, -0.1) is 0 Å². The van der Waals surface area contributed by atoms with Gasteiger partial charge in [-0.3, -0.25) is 9.69 Å². The van der Waals surface area contributed by atoms with Gasteiger partial charge >= 0.3 is 6.09 Å².